The molecule has 7 nitrogen and oxygen atoms in total. The third-order valence-electron chi connectivity index (χ3n) is 3.05. The lowest BCUT2D eigenvalue weighted by atomic mass is 10.2. The zero-order chi connectivity index (χ0) is 18.4. The first kappa shape index (κ1) is 22.5. The Morgan fingerprint density at radius 3 is 2.69 bits per heavy atom. The molecule has 1 aromatic heterocycles. The molecule has 0 spiro atoms. The second-order valence-electron chi connectivity index (χ2n) is 5.27. The Morgan fingerprint density at radius 2 is 2.04 bits per heavy atom. The van der Waals surface area contributed by atoms with Gasteiger partial charge in [-0.25, -0.2) is 9.78 Å². The van der Waals surface area contributed by atoms with Crippen molar-refractivity contribution in [1.82, 2.24) is 15.2 Å². The molecule has 1 aromatic carbocycles. The molecule has 3 N–H and O–H groups in total. The van der Waals surface area contributed by atoms with E-state index in [0.717, 1.165) is 5.56 Å². The Bertz CT molecular complexity index is 772. The Hall–Kier alpha value is -1.58. The number of nitrogens with zero attached hydrogens (tertiary/aromatic N) is 2. The summed E-state index contributed by atoms with van der Waals surface area (Å²) >= 11 is 13.0. The number of urea groups is 1. The lowest BCUT2D eigenvalue weighted by Gasteiger charge is -2.11. The Morgan fingerprint density at radius 1 is 1.31 bits per heavy atom. The van der Waals surface area contributed by atoms with Gasteiger partial charge in [-0.05, 0) is 24.7 Å². The van der Waals surface area contributed by atoms with E-state index in [4.69, 9.17) is 28.3 Å². The number of anilines is 1. The van der Waals surface area contributed by atoms with Gasteiger partial charge in [-0.15, -0.1) is 23.7 Å². The first-order chi connectivity index (χ1) is 11.8. The van der Waals surface area contributed by atoms with Crippen molar-refractivity contribution in [3.05, 3.63) is 44.9 Å². The molecule has 26 heavy (non-hydrogen) atoms. The predicted octanol–water partition coefficient (Wildman–Crippen LogP) is 3.71. The number of amides is 2. The van der Waals surface area contributed by atoms with Crippen LogP contribution in [0.2, 0.25) is 10.0 Å². The second-order valence-corrected chi connectivity index (χ2v) is 6.94. The van der Waals surface area contributed by atoms with E-state index < -0.39 is 12.0 Å². The number of halogens is 3. The van der Waals surface area contributed by atoms with Gasteiger partial charge in [-0.3, -0.25) is 15.0 Å². The number of carbonyl (C=O) groups is 2. The van der Waals surface area contributed by atoms with Crippen LogP contribution in [0, 0.1) is 0 Å². The van der Waals surface area contributed by atoms with Crippen LogP contribution in [0.15, 0.2) is 23.6 Å². The molecular weight excluding hydrogens is 423 g/mol. The number of nitrogens with one attached hydrogen (secondary N) is 2. The molecule has 0 saturated heterocycles. The van der Waals surface area contributed by atoms with Crippen LogP contribution >= 0.6 is 46.9 Å². The molecular formula is C15H17Cl3N4O3S. The van der Waals surface area contributed by atoms with Crippen molar-refractivity contribution in [1.29, 1.82) is 0 Å². The maximum atomic E-state index is 11.9. The monoisotopic (exact) mass is 438 g/mol. The highest BCUT2D eigenvalue weighted by molar-refractivity contribution is 7.13. The van der Waals surface area contributed by atoms with Crippen LogP contribution in [0.5, 0.6) is 0 Å². The first-order valence-corrected chi connectivity index (χ1v) is 8.80. The Kier molecular flexibility index (Phi) is 9.11. The van der Waals surface area contributed by atoms with E-state index in [1.54, 1.807) is 35.5 Å². The highest BCUT2D eigenvalue weighted by atomic mass is 35.5. The maximum absolute atomic E-state index is 11.9. The highest BCUT2D eigenvalue weighted by Crippen LogP contribution is 2.22. The number of carboxylic acids is 1. The minimum atomic E-state index is -0.905. The van der Waals surface area contributed by atoms with E-state index in [9.17, 15) is 9.59 Å². The number of hydrogen-bond donors (Lipinski definition) is 3. The molecule has 2 amide bonds. The summed E-state index contributed by atoms with van der Waals surface area (Å²) in [7, 11) is 1.69. The molecule has 0 fully saturated rings. The molecule has 0 bridgehead atoms. The molecule has 0 aliphatic rings. The molecule has 142 valence electrons. The number of carbonyl (C=O) groups excluding carboxylic acids is 1. The molecule has 0 aliphatic heterocycles. The summed E-state index contributed by atoms with van der Waals surface area (Å²) < 4.78 is 0. The minimum absolute atomic E-state index is 0. The van der Waals surface area contributed by atoms with Gasteiger partial charge >= 0.3 is 12.0 Å². The van der Waals surface area contributed by atoms with Crippen molar-refractivity contribution < 1.29 is 14.7 Å². The fourth-order valence-corrected chi connectivity index (χ4v) is 2.99. The van der Waals surface area contributed by atoms with Crippen molar-refractivity contribution in [3.63, 3.8) is 0 Å². The molecule has 0 radical (unpaired) electrons. The summed E-state index contributed by atoms with van der Waals surface area (Å²) in [5, 5.41) is 17.2. The quantitative estimate of drug-likeness (QED) is 0.611. The summed E-state index contributed by atoms with van der Waals surface area (Å²) in [5.74, 6) is -0.905. The zero-order valence-corrected chi connectivity index (χ0v) is 16.8. The first-order valence-electron chi connectivity index (χ1n) is 7.17. The topological polar surface area (TPSA) is 94.6 Å². The molecule has 1 heterocycles. The molecule has 2 rings (SSSR count). The van der Waals surface area contributed by atoms with Crippen LogP contribution in [0.1, 0.15) is 11.3 Å². The molecule has 0 aliphatic carbocycles. The molecule has 11 heteroatoms. The predicted molar refractivity (Wildman–Crippen MR) is 106 cm³/mol. The number of aromatic nitrogens is 1. The molecule has 0 saturated carbocycles. The van der Waals surface area contributed by atoms with E-state index in [-0.39, 0.29) is 19.0 Å². The van der Waals surface area contributed by atoms with E-state index in [1.807, 2.05) is 0 Å². The van der Waals surface area contributed by atoms with Crippen LogP contribution in [-0.4, -0.2) is 40.6 Å². The van der Waals surface area contributed by atoms with Gasteiger partial charge < -0.3 is 10.4 Å². The summed E-state index contributed by atoms with van der Waals surface area (Å²) in [6, 6.07) is 4.73. The van der Waals surface area contributed by atoms with Crippen LogP contribution in [0.3, 0.4) is 0 Å². The number of hydrogen-bond acceptors (Lipinski definition) is 5. The normalized spacial score (nSPS) is 10.3. The number of likely N-dealkylation sites (N-methyl/N-ethyl adjacent to an activating group) is 1. The number of aliphatic carboxylic acids is 1. The van der Waals surface area contributed by atoms with E-state index >= 15 is 0 Å². The van der Waals surface area contributed by atoms with Crippen molar-refractivity contribution in [2.24, 2.45) is 0 Å². The van der Waals surface area contributed by atoms with Crippen molar-refractivity contribution in [2.75, 3.05) is 18.9 Å². The third-order valence-corrected chi connectivity index (χ3v) is 4.59. The highest BCUT2D eigenvalue weighted by Gasteiger charge is 2.10. The summed E-state index contributed by atoms with van der Waals surface area (Å²) in [5.41, 5.74) is 1.51. The Balaban J connectivity index is 0.00000338. The number of benzene rings is 1. The average molecular weight is 440 g/mol. The van der Waals surface area contributed by atoms with Crippen LogP contribution in [0.25, 0.3) is 0 Å². The van der Waals surface area contributed by atoms with E-state index in [2.05, 4.69) is 15.6 Å². The standard InChI is InChI=1S/C15H16Cl2N4O3S.ClH/c1-21(7-13(22)23)6-10-8-25-15(19-10)20-14(24)18-5-9-2-3-11(16)12(17)4-9;/h2-4,8H,5-7H2,1H3,(H,22,23)(H2,18,19,20,24);1H. The summed E-state index contributed by atoms with van der Waals surface area (Å²) in [6.45, 7) is 0.599. The lowest BCUT2D eigenvalue weighted by molar-refractivity contribution is -0.138. The van der Waals surface area contributed by atoms with E-state index in [1.165, 1.54) is 11.3 Å². The smallest absolute Gasteiger partial charge is 0.321 e. The SMILES string of the molecule is CN(CC(=O)O)Cc1csc(NC(=O)NCc2ccc(Cl)c(Cl)c2)n1.Cl. The second kappa shape index (κ2) is 10.5. The zero-order valence-electron chi connectivity index (χ0n) is 13.7. The number of rotatable bonds is 7. The molecule has 2 aromatic rings. The Labute approximate surface area is 170 Å². The van der Waals surface area contributed by atoms with Gasteiger partial charge in [-0.1, -0.05) is 29.3 Å². The van der Waals surface area contributed by atoms with Crippen LogP contribution in [-0.2, 0) is 17.9 Å². The fourth-order valence-electron chi connectivity index (χ4n) is 1.97. The van der Waals surface area contributed by atoms with Crippen LogP contribution in [0.4, 0.5) is 9.93 Å². The number of thiazole rings is 1. The summed E-state index contributed by atoms with van der Waals surface area (Å²) in [6.07, 6.45) is 0. The van der Waals surface area contributed by atoms with Gasteiger partial charge in [0.05, 0.1) is 22.3 Å². The summed E-state index contributed by atoms with van der Waals surface area (Å²) in [4.78, 5) is 28.4. The maximum Gasteiger partial charge on any atom is 0.321 e. The van der Waals surface area contributed by atoms with Gasteiger partial charge in [0.2, 0.25) is 0 Å². The van der Waals surface area contributed by atoms with Crippen molar-refractivity contribution in [2.45, 2.75) is 13.1 Å². The average Bonchev–Trinajstić information content (AvgIpc) is 2.94. The number of carboxylic acid groups (broad SMARTS) is 1. The van der Waals surface area contributed by atoms with Gasteiger partial charge in [0.15, 0.2) is 5.13 Å². The van der Waals surface area contributed by atoms with Gasteiger partial charge in [0.25, 0.3) is 0 Å². The van der Waals surface area contributed by atoms with Gasteiger partial charge in [0.1, 0.15) is 0 Å². The van der Waals surface area contributed by atoms with Crippen molar-refractivity contribution >= 4 is 64.1 Å². The third kappa shape index (κ3) is 7.35. The lowest BCUT2D eigenvalue weighted by Crippen LogP contribution is -2.28. The van der Waals surface area contributed by atoms with Gasteiger partial charge in [0, 0.05) is 18.5 Å². The van der Waals surface area contributed by atoms with Gasteiger partial charge in [-0.2, -0.15) is 0 Å². The van der Waals surface area contributed by atoms with E-state index in [0.29, 0.717) is 34.0 Å². The molecule has 0 unspecified atom stereocenters. The molecule has 0 atom stereocenters. The van der Waals surface area contributed by atoms with Crippen LogP contribution < -0.4 is 10.6 Å². The minimum Gasteiger partial charge on any atom is -0.480 e. The fraction of sp³-hybridized carbons (Fsp3) is 0.267. The van der Waals surface area contributed by atoms with Crippen molar-refractivity contribution in [3.8, 4) is 0 Å². The largest absolute Gasteiger partial charge is 0.480 e.